The molecule has 2 unspecified atom stereocenters. The fourth-order valence-corrected chi connectivity index (χ4v) is 3.33. The molecule has 19 heavy (non-hydrogen) atoms. The summed E-state index contributed by atoms with van der Waals surface area (Å²) in [4.78, 5) is 10.9. The van der Waals surface area contributed by atoms with Gasteiger partial charge in [0, 0.05) is 13.6 Å². The predicted molar refractivity (Wildman–Crippen MR) is 70.5 cm³/mol. The second-order valence-electron chi connectivity index (χ2n) is 5.09. The Morgan fingerprint density at radius 3 is 2.63 bits per heavy atom. The van der Waals surface area contributed by atoms with E-state index in [2.05, 4.69) is 6.92 Å². The molecule has 0 radical (unpaired) electrons. The van der Waals surface area contributed by atoms with Gasteiger partial charge in [-0.25, -0.2) is 17.5 Å². The first-order valence-electron chi connectivity index (χ1n) is 6.12. The molecular formula is C13H17NO4S. The lowest BCUT2D eigenvalue weighted by Gasteiger charge is -2.17. The number of aromatic carboxylic acids is 1. The van der Waals surface area contributed by atoms with E-state index >= 15 is 0 Å². The minimum Gasteiger partial charge on any atom is -0.478 e. The molecule has 2 atom stereocenters. The first-order chi connectivity index (χ1) is 8.82. The quantitative estimate of drug-likeness (QED) is 0.891. The molecule has 1 aliphatic rings. The molecule has 0 amide bonds. The van der Waals surface area contributed by atoms with Crippen molar-refractivity contribution in [3.05, 3.63) is 29.8 Å². The van der Waals surface area contributed by atoms with Crippen molar-refractivity contribution in [1.29, 1.82) is 0 Å². The second kappa shape index (κ2) is 4.94. The third kappa shape index (κ3) is 2.96. The van der Waals surface area contributed by atoms with E-state index in [9.17, 15) is 13.2 Å². The lowest BCUT2D eigenvalue weighted by molar-refractivity contribution is 0.0696. The van der Waals surface area contributed by atoms with Crippen LogP contribution in [-0.2, 0) is 10.0 Å². The van der Waals surface area contributed by atoms with Crippen molar-refractivity contribution in [3.8, 4) is 0 Å². The summed E-state index contributed by atoms with van der Waals surface area (Å²) in [6, 6.07) is 5.45. The molecule has 0 aromatic heterocycles. The molecule has 0 saturated heterocycles. The highest BCUT2D eigenvalue weighted by Crippen LogP contribution is 2.38. The number of sulfonamides is 1. The molecule has 0 aliphatic heterocycles. The number of hydrogen-bond acceptors (Lipinski definition) is 3. The van der Waals surface area contributed by atoms with E-state index in [1.807, 2.05) is 0 Å². The fraction of sp³-hybridized carbons (Fsp3) is 0.462. The molecule has 104 valence electrons. The normalized spacial score (nSPS) is 22.5. The van der Waals surface area contributed by atoms with Crippen LogP contribution in [0.15, 0.2) is 29.2 Å². The van der Waals surface area contributed by atoms with Crippen LogP contribution in [0.2, 0.25) is 0 Å². The highest BCUT2D eigenvalue weighted by Gasteiger charge is 2.36. The van der Waals surface area contributed by atoms with Crippen molar-refractivity contribution in [2.75, 3.05) is 13.6 Å². The fourth-order valence-electron chi connectivity index (χ4n) is 2.05. The van der Waals surface area contributed by atoms with Crippen molar-refractivity contribution in [1.82, 2.24) is 4.31 Å². The zero-order valence-corrected chi connectivity index (χ0v) is 11.7. The highest BCUT2D eigenvalue weighted by atomic mass is 32.2. The zero-order chi connectivity index (χ0) is 14.2. The first kappa shape index (κ1) is 14.0. The van der Waals surface area contributed by atoms with Gasteiger partial charge < -0.3 is 5.11 Å². The molecule has 6 heteroatoms. The molecule has 0 spiro atoms. The second-order valence-corrected chi connectivity index (χ2v) is 7.14. The topological polar surface area (TPSA) is 74.7 Å². The summed E-state index contributed by atoms with van der Waals surface area (Å²) in [6.45, 7) is 2.58. The van der Waals surface area contributed by atoms with Gasteiger partial charge in [-0.3, -0.25) is 0 Å². The van der Waals surface area contributed by atoms with E-state index < -0.39 is 16.0 Å². The Bertz CT molecular complexity index is 596. The molecule has 1 aromatic carbocycles. The van der Waals surface area contributed by atoms with Gasteiger partial charge in [0.15, 0.2) is 0 Å². The third-order valence-electron chi connectivity index (χ3n) is 3.56. The lowest BCUT2D eigenvalue weighted by atomic mass is 10.2. The molecule has 0 heterocycles. The van der Waals surface area contributed by atoms with E-state index in [-0.39, 0.29) is 10.5 Å². The number of carboxylic acid groups (broad SMARTS) is 1. The molecular weight excluding hydrogens is 266 g/mol. The Morgan fingerprint density at radius 1 is 1.47 bits per heavy atom. The number of carboxylic acids is 1. The number of nitrogens with zero attached hydrogens (tertiary/aromatic N) is 1. The highest BCUT2D eigenvalue weighted by molar-refractivity contribution is 7.89. The molecule has 1 aliphatic carbocycles. The number of hydrogen-bond donors (Lipinski definition) is 1. The van der Waals surface area contributed by atoms with Crippen LogP contribution < -0.4 is 0 Å². The standard InChI is InChI=1S/C13H17NO4S/c1-9-6-11(9)8-14(2)19(17,18)12-5-3-4-10(7-12)13(15)16/h3-5,7,9,11H,6,8H2,1-2H3,(H,15,16). The van der Waals surface area contributed by atoms with E-state index in [1.165, 1.54) is 35.6 Å². The van der Waals surface area contributed by atoms with Gasteiger partial charge in [-0.1, -0.05) is 13.0 Å². The largest absolute Gasteiger partial charge is 0.478 e. The van der Waals surface area contributed by atoms with Gasteiger partial charge in [-0.2, -0.15) is 0 Å². The molecule has 2 rings (SSSR count). The van der Waals surface area contributed by atoms with Gasteiger partial charge in [0.05, 0.1) is 10.5 Å². The van der Waals surface area contributed by atoms with Gasteiger partial charge in [-0.05, 0) is 36.5 Å². The SMILES string of the molecule is CC1CC1CN(C)S(=O)(=O)c1cccc(C(=O)O)c1. The number of carbonyl (C=O) groups is 1. The van der Waals surface area contributed by atoms with E-state index in [1.54, 1.807) is 0 Å². The smallest absolute Gasteiger partial charge is 0.335 e. The van der Waals surface area contributed by atoms with Crippen molar-refractivity contribution in [2.45, 2.75) is 18.2 Å². The minimum atomic E-state index is -3.60. The Balaban J connectivity index is 2.23. The Kier molecular flexibility index (Phi) is 3.64. The van der Waals surface area contributed by atoms with Crippen LogP contribution in [0.1, 0.15) is 23.7 Å². The van der Waals surface area contributed by atoms with Crippen molar-refractivity contribution in [3.63, 3.8) is 0 Å². The van der Waals surface area contributed by atoms with Crippen LogP contribution in [0.5, 0.6) is 0 Å². The van der Waals surface area contributed by atoms with Crippen LogP contribution in [0, 0.1) is 11.8 Å². The molecule has 0 bridgehead atoms. The first-order valence-corrected chi connectivity index (χ1v) is 7.56. The van der Waals surface area contributed by atoms with Crippen LogP contribution in [0.4, 0.5) is 0 Å². The van der Waals surface area contributed by atoms with Gasteiger partial charge in [0.2, 0.25) is 10.0 Å². The maximum atomic E-state index is 12.3. The molecule has 1 N–H and O–H groups in total. The van der Waals surface area contributed by atoms with Crippen LogP contribution in [0.25, 0.3) is 0 Å². The Hall–Kier alpha value is -1.40. The maximum Gasteiger partial charge on any atom is 0.335 e. The van der Waals surface area contributed by atoms with Crippen molar-refractivity contribution in [2.24, 2.45) is 11.8 Å². The average molecular weight is 283 g/mol. The van der Waals surface area contributed by atoms with Crippen molar-refractivity contribution >= 4 is 16.0 Å². The van der Waals surface area contributed by atoms with Gasteiger partial charge in [0.25, 0.3) is 0 Å². The average Bonchev–Trinajstić information content (AvgIpc) is 3.05. The Labute approximate surface area is 112 Å². The molecule has 1 saturated carbocycles. The van der Waals surface area contributed by atoms with E-state index in [0.717, 1.165) is 6.42 Å². The summed E-state index contributed by atoms with van der Waals surface area (Å²) >= 11 is 0. The summed E-state index contributed by atoms with van der Waals surface area (Å²) in [7, 11) is -2.07. The molecule has 1 fully saturated rings. The van der Waals surface area contributed by atoms with Gasteiger partial charge >= 0.3 is 5.97 Å². The summed E-state index contributed by atoms with van der Waals surface area (Å²) in [5.74, 6) is -0.138. The van der Waals surface area contributed by atoms with E-state index in [0.29, 0.717) is 18.4 Å². The predicted octanol–water partition coefficient (Wildman–Crippen LogP) is 1.66. The number of rotatable bonds is 5. The monoisotopic (exact) mass is 283 g/mol. The van der Waals surface area contributed by atoms with E-state index in [4.69, 9.17) is 5.11 Å². The minimum absolute atomic E-state index is 0.0192. The summed E-state index contributed by atoms with van der Waals surface area (Å²) in [5, 5.41) is 8.90. The summed E-state index contributed by atoms with van der Waals surface area (Å²) < 4.78 is 25.9. The van der Waals surface area contributed by atoms with Crippen LogP contribution in [-0.4, -0.2) is 37.4 Å². The number of benzene rings is 1. The summed E-state index contributed by atoms with van der Waals surface area (Å²) in [5.41, 5.74) is -0.0192. The summed E-state index contributed by atoms with van der Waals surface area (Å²) in [6.07, 6.45) is 1.05. The zero-order valence-electron chi connectivity index (χ0n) is 10.9. The Morgan fingerprint density at radius 2 is 2.11 bits per heavy atom. The molecule has 5 nitrogen and oxygen atoms in total. The van der Waals surface area contributed by atoms with Crippen LogP contribution >= 0.6 is 0 Å². The molecule has 1 aromatic rings. The van der Waals surface area contributed by atoms with Crippen LogP contribution in [0.3, 0.4) is 0 Å². The van der Waals surface area contributed by atoms with Crippen molar-refractivity contribution < 1.29 is 18.3 Å². The van der Waals surface area contributed by atoms with Gasteiger partial charge in [0.1, 0.15) is 0 Å². The third-order valence-corrected chi connectivity index (χ3v) is 5.38. The lowest BCUT2D eigenvalue weighted by Crippen LogP contribution is -2.29. The van der Waals surface area contributed by atoms with Gasteiger partial charge in [-0.15, -0.1) is 0 Å². The maximum absolute atomic E-state index is 12.3.